The van der Waals surface area contributed by atoms with Crippen LogP contribution in [0.1, 0.15) is 85.0 Å². The van der Waals surface area contributed by atoms with E-state index in [1.165, 1.54) is 58.5 Å². The third-order valence-corrected chi connectivity index (χ3v) is 13.4. The van der Waals surface area contributed by atoms with E-state index >= 15 is 0 Å². The number of carbonyl (C=O) groups excluding carboxylic acids is 1. The minimum absolute atomic E-state index is 0.0719. The summed E-state index contributed by atoms with van der Waals surface area (Å²) in [6.45, 7) is 22.0. The van der Waals surface area contributed by atoms with Gasteiger partial charge >= 0.3 is 5.97 Å². The van der Waals surface area contributed by atoms with Crippen molar-refractivity contribution in [1.82, 2.24) is 0 Å². The molecule has 0 amide bonds. The second-order valence-corrected chi connectivity index (χ2v) is 24.8. The van der Waals surface area contributed by atoms with Crippen molar-refractivity contribution in [2.24, 2.45) is 46.3 Å². The first-order valence-electron chi connectivity index (χ1n) is 15.5. The summed E-state index contributed by atoms with van der Waals surface area (Å²) >= 11 is 0. The number of hydrogen-bond donors (Lipinski definition) is 0. The molecule has 0 saturated heterocycles. The molecule has 0 heterocycles. The van der Waals surface area contributed by atoms with Crippen molar-refractivity contribution in [3.05, 3.63) is 0 Å². The second kappa shape index (κ2) is 10.7. The molecule has 0 spiro atoms. The van der Waals surface area contributed by atoms with Gasteiger partial charge in [0.25, 0.3) is 0 Å². The molecule has 4 fully saturated rings. The molecule has 0 aliphatic heterocycles. The minimum atomic E-state index is -1.74. The Labute approximate surface area is 230 Å². The van der Waals surface area contributed by atoms with Crippen LogP contribution in [-0.2, 0) is 18.4 Å². The topological polar surface area (TPSA) is 44.8 Å². The molecule has 4 aliphatic rings. The number of methoxy groups -OCH3 is 1. The molecule has 214 valence electrons. The maximum absolute atomic E-state index is 12.0. The molecule has 4 nitrogen and oxygen atoms in total. The number of esters is 1. The van der Waals surface area contributed by atoms with Gasteiger partial charge in [-0.25, -0.2) is 0 Å². The lowest BCUT2D eigenvalue weighted by Crippen LogP contribution is -2.64. The lowest BCUT2D eigenvalue weighted by atomic mass is 9.43. The predicted octanol–water partition coefficient (Wildman–Crippen LogP) is 8.28. The molecule has 6 heteroatoms. The SMILES string of the molecule is COC(=O)CC[C@@H](C)[C@H]1CC[C@H]2[C@@H]3[C@@H](O[Si](C)(C)C)C[C@@H]4CCCC[C@]4(C)[C@H]3C[C@@H](O[Si](C)(C)C)[C@]12C. The number of carbonyl (C=O) groups is 1. The third-order valence-electron chi connectivity index (χ3n) is 11.4. The van der Waals surface area contributed by atoms with E-state index in [4.69, 9.17) is 13.6 Å². The van der Waals surface area contributed by atoms with E-state index in [-0.39, 0.29) is 11.4 Å². The van der Waals surface area contributed by atoms with Gasteiger partial charge in [0.15, 0.2) is 16.6 Å². The Kier molecular flexibility index (Phi) is 8.59. The number of ether oxygens (including phenoxy) is 1. The minimum Gasteiger partial charge on any atom is -0.469 e. The summed E-state index contributed by atoms with van der Waals surface area (Å²) in [6.07, 6.45) is 12.8. The Morgan fingerprint density at radius 2 is 1.59 bits per heavy atom. The molecule has 4 saturated carbocycles. The van der Waals surface area contributed by atoms with Gasteiger partial charge in [0.05, 0.1) is 13.2 Å². The van der Waals surface area contributed by atoms with Crippen molar-refractivity contribution in [1.29, 1.82) is 0 Å². The summed E-state index contributed by atoms with van der Waals surface area (Å²) in [5.74, 6) is 3.82. The van der Waals surface area contributed by atoms with Gasteiger partial charge in [-0.15, -0.1) is 0 Å². The molecule has 4 rings (SSSR count). The first-order chi connectivity index (χ1) is 17.1. The first-order valence-corrected chi connectivity index (χ1v) is 22.3. The van der Waals surface area contributed by atoms with Crippen molar-refractivity contribution in [2.45, 2.75) is 136 Å². The number of fused-ring (bicyclic) bond motifs is 5. The predicted molar refractivity (Wildman–Crippen MR) is 157 cm³/mol. The van der Waals surface area contributed by atoms with Crippen molar-refractivity contribution in [3.8, 4) is 0 Å². The number of hydrogen-bond acceptors (Lipinski definition) is 4. The maximum Gasteiger partial charge on any atom is 0.305 e. The summed E-state index contributed by atoms with van der Waals surface area (Å²) in [7, 11) is -1.89. The highest BCUT2D eigenvalue weighted by atomic mass is 28.4. The highest BCUT2D eigenvalue weighted by Crippen LogP contribution is 2.69. The van der Waals surface area contributed by atoms with Gasteiger partial charge in [-0.3, -0.25) is 4.79 Å². The van der Waals surface area contributed by atoms with Crippen molar-refractivity contribution >= 4 is 22.6 Å². The zero-order valence-electron chi connectivity index (χ0n) is 25.8. The standard InChI is InChI=1S/C31H58O4Si2/c1-21(14-17-28(32)33-4)23-15-16-24-29-25(20-27(31(23,24)3)35-37(8,9)10)30(2)18-12-11-13-22(30)19-26(29)34-36(5,6)7/h21-27,29H,11-20H2,1-10H3/t21-,22+,23-,24+,25+,26+,27-,29+,30+,31-/m1/s1. The number of rotatable bonds is 8. The Balaban J connectivity index is 1.74. The monoisotopic (exact) mass is 550 g/mol. The fourth-order valence-electron chi connectivity index (χ4n) is 9.96. The van der Waals surface area contributed by atoms with Crippen LogP contribution in [0.15, 0.2) is 0 Å². The van der Waals surface area contributed by atoms with E-state index in [9.17, 15) is 4.79 Å². The molecular formula is C31H58O4Si2. The Hall–Kier alpha value is -0.176. The maximum atomic E-state index is 12.0. The van der Waals surface area contributed by atoms with Crippen LogP contribution < -0.4 is 0 Å². The van der Waals surface area contributed by atoms with Crippen LogP contribution in [0.4, 0.5) is 0 Å². The zero-order valence-corrected chi connectivity index (χ0v) is 27.8. The molecule has 0 radical (unpaired) electrons. The van der Waals surface area contributed by atoms with Crippen LogP contribution in [-0.4, -0.2) is 41.9 Å². The van der Waals surface area contributed by atoms with Crippen molar-refractivity contribution in [3.63, 3.8) is 0 Å². The van der Waals surface area contributed by atoms with Crippen LogP contribution in [0, 0.1) is 46.3 Å². The summed E-state index contributed by atoms with van der Waals surface area (Å²) in [4.78, 5) is 12.0. The second-order valence-electron chi connectivity index (χ2n) is 15.8. The van der Waals surface area contributed by atoms with E-state index in [2.05, 4.69) is 60.1 Å². The summed E-state index contributed by atoms with van der Waals surface area (Å²) in [5.41, 5.74) is 0.578. The van der Waals surface area contributed by atoms with Crippen molar-refractivity contribution < 1.29 is 18.4 Å². The summed E-state index contributed by atoms with van der Waals surface area (Å²) < 4.78 is 19.4. The largest absolute Gasteiger partial charge is 0.469 e. The molecule has 0 aromatic carbocycles. The highest BCUT2D eigenvalue weighted by molar-refractivity contribution is 6.70. The smallest absolute Gasteiger partial charge is 0.305 e. The fourth-order valence-corrected chi connectivity index (χ4v) is 12.3. The van der Waals surface area contributed by atoms with Crippen molar-refractivity contribution in [2.75, 3.05) is 7.11 Å². The van der Waals surface area contributed by atoms with Gasteiger partial charge in [0, 0.05) is 12.5 Å². The molecule has 0 bridgehead atoms. The van der Waals surface area contributed by atoms with Gasteiger partial charge in [0.1, 0.15) is 0 Å². The molecule has 0 aromatic heterocycles. The van der Waals surface area contributed by atoms with Gasteiger partial charge in [-0.1, -0.05) is 33.6 Å². The van der Waals surface area contributed by atoms with E-state index < -0.39 is 16.6 Å². The zero-order chi connectivity index (χ0) is 27.4. The van der Waals surface area contributed by atoms with Crippen LogP contribution >= 0.6 is 0 Å². The average molecular weight is 551 g/mol. The average Bonchev–Trinajstić information content (AvgIpc) is 3.14. The molecule has 10 atom stereocenters. The van der Waals surface area contributed by atoms with E-state index in [1.54, 1.807) is 0 Å². The molecule has 0 unspecified atom stereocenters. The first kappa shape index (κ1) is 29.8. The lowest BCUT2D eigenvalue weighted by molar-refractivity contribution is -0.193. The fraction of sp³-hybridized carbons (Fsp3) is 0.968. The molecule has 0 aromatic rings. The Morgan fingerprint density at radius 3 is 2.22 bits per heavy atom. The van der Waals surface area contributed by atoms with Gasteiger partial charge < -0.3 is 13.6 Å². The van der Waals surface area contributed by atoms with Crippen LogP contribution in [0.25, 0.3) is 0 Å². The molecule has 37 heavy (non-hydrogen) atoms. The summed E-state index contributed by atoms with van der Waals surface area (Å²) in [6, 6.07) is 0. The summed E-state index contributed by atoms with van der Waals surface area (Å²) in [5, 5.41) is 0. The van der Waals surface area contributed by atoms with E-state index in [0.717, 1.165) is 12.3 Å². The van der Waals surface area contributed by atoms with E-state index in [1.807, 2.05) is 0 Å². The Bertz CT molecular complexity index is 819. The van der Waals surface area contributed by atoms with E-state index in [0.29, 0.717) is 53.6 Å². The van der Waals surface area contributed by atoms with Gasteiger partial charge in [-0.2, -0.15) is 0 Å². The highest BCUT2D eigenvalue weighted by Gasteiger charge is 2.66. The van der Waals surface area contributed by atoms with Gasteiger partial charge in [0.2, 0.25) is 0 Å². The Morgan fingerprint density at radius 1 is 0.919 bits per heavy atom. The van der Waals surface area contributed by atoms with Crippen LogP contribution in [0.5, 0.6) is 0 Å². The third kappa shape index (κ3) is 5.83. The quantitative estimate of drug-likeness (QED) is 0.225. The van der Waals surface area contributed by atoms with Crippen LogP contribution in [0.3, 0.4) is 0 Å². The normalized spacial score (nSPS) is 42.9. The lowest BCUT2D eigenvalue weighted by Gasteiger charge is -2.65. The molecular weight excluding hydrogens is 493 g/mol. The molecule has 0 N–H and O–H groups in total. The van der Waals surface area contributed by atoms with Gasteiger partial charge in [-0.05, 0) is 131 Å². The van der Waals surface area contributed by atoms with Crippen LogP contribution in [0.2, 0.25) is 39.3 Å². The molecule has 4 aliphatic carbocycles.